The SMILES string of the molecule is CCn1nccc1C(C)NC(=O)c1ccc(Cn2nc(C)cc2C)cc1. The third-order valence-corrected chi connectivity index (χ3v) is 4.49. The minimum atomic E-state index is -0.0978. The van der Waals surface area contributed by atoms with E-state index in [1.165, 1.54) is 0 Å². The Morgan fingerprint density at radius 2 is 1.88 bits per heavy atom. The molecule has 0 aliphatic heterocycles. The molecule has 0 saturated carbocycles. The fourth-order valence-corrected chi connectivity index (χ4v) is 3.10. The minimum Gasteiger partial charge on any atom is -0.344 e. The Labute approximate surface area is 153 Å². The molecule has 2 heterocycles. The van der Waals surface area contributed by atoms with E-state index in [9.17, 15) is 4.79 Å². The van der Waals surface area contributed by atoms with E-state index in [1.54, 1.807) is 6.20 Å². The monoisotopic (exact) mass is 351 g/mol. The lowest BCUT2D eigenvalue weighted by Gasteiger charge is -2.15. The molecule has 0 aliphatic carbocycles. The molecule has 6 nitrogen and oxygen atoms in total. The first-order valence-corrected chi connectivity index (χ1v) is 8.90. The number of nitrogens with one attached hydrogen (secondary N) is 1. The number of carbonyl (C=O) groups is 1. The number of aromatic nitrogens is 4. The smallest absolute Gasteiger partial charge is 0.251 e. The van der Waals surface area contributed by atoms with Crippen molar-refractivity contribution in [3.05, 3.63) is 70.8 Å². The van der Waals surface area contributed by atoms with Crippen molar-refractivity contribution in [3.63, 3.8) is 0 Å². The van der Waals surface area contributed by atoms with Crippen LogP contribution < -0.4 is 5.32 Å². The van der Waals surface area contributed by atoms with Crippen molar-refractivity contribution in [3.8, 4) is 0 Å². The van der Waals surface area contributed by atoms with Gasteiger partial charge in [0.05, 0.1) is 24.0 Å². The van der Waals surface area contributed by atoms with Gasteiger partial charge in [-0.3, -0.25) is 14.2 Å². The van der Waals surface area contributed by atoms with Crippen LogP contribution in [0.15, 0.2) is 42.6 Å². The molecule has 3 rings (SSSR count). The lowest BCUT2D eigenvalue weighted by atomic mass is 10.1. The molecule has 0 saturated heterocycles. The van der Waals surface area contributed by atoms with E-state index in [4.69, 9.17) is 0 Å². The summed E-state index contributed by atoms with van der Waals surface area (Å²) in [6, 6.07) is 11.6. The van der Waals surface area contributed by atoms with Crippen LogP contribution in [0.4, 0.5) is 0 Å². The van der Waals surface area contributed by atoms with Crippen molar-refractivity contribution in [1.29, 1.82) is 0 Å². The molecule has 1 unspecified atom stereocenters. The molecular formula is C20H25N5O. The van der Waals surface area contributed by atoms with Gasteiger partial charge in [0.15, 0.2) is 0 Å². The minimum absolute atomic E-state index is 0.0842. The summed E-state index contributed by atoms with van der Waals surface area (Å²) in [4.78, 5) is 12.5. The zero-order valence-electron chi connectivity index (χ0n) is 15.7. The van der Waals surface area contributed by atoms with Crippen LogP contribution in [-0.4, -0.2) is 25.5 Å². The summed E-state index contributed by atoms with van der Waals surface area (Å²) in [6.45, 7) is 9.52. The molecular weight excluding hydrogens is 326 g/mol. The van der Waals surface area contributed by atoms with E-state index >= 15 is 0 Å². The van der Waals surface area contributed by atoms with Crippen molar-refractivity contribution in [1.82, 2.24) is 24.9 Å². The van der Waals surface area contributed by atoms with Crippen molar-refractivity contribution in [2.75, 3.05) is 0 Å². The lowest BCUT2D eigenvalue weighted by Crippen LogP contribution is -2.28. The average molecular weight is 351 g/mol. The van der Waals surface area contributed by atoms with Gasteiger partial charge in [0, 0.05) is 24.0 Å². The Morgan fingerprint density at radius 3 is 2.50 bits per heavy atom. The molecule has 0 fully saturated rings. The Hall–Kier alpha value is -2.89. The van der Waals surface area contributed by atoms with E-state index < -0.39 is 0 Å². The fraction of sp³-hybridized carbons (Fsp3) is 0.350. The predicted octanol–water partition coefficient (Wildman–Crippen LogP) is 3.26. The number of rotatable bonds is 6. The maximum atomic E-state index is 12.5. The van der Waals surface area contributed by atoms with E-state index in [-0.39, 0.29) is 11.9 Å². The second kappa shape index (κ2) is 7.56. The Balaban J connectivity index is 1.66. The zero-order valence-corrected chi connectivity index (χ0v) is 15.7. The molecule has 1 amide bonds. The average Bonchev–Trinajstić information content (AvgIpc) is 3.21. The first-order valence-electron chi connectivity index (χ1n) is 8.90. The van der Waals surface area contributed by atoms with E-state index in [1.807, 2.05) is 67.4 Å². The molecule has 3 aromatic rings. The second-order valence-corrected chi connectivity index (χ2v) is 6.55. The van der Waals surface area contributed by atoms with Gasteiger partial charge >= 0.3 is 0 Å². The first kappa shape index (κ1) is 17.9. The maximum absolute atomic E-state index is 12.5. The van der Waals surface area contributed by atoms with E-state index in [2.05, 4.69) is 21.6 Å². The molecule has 136 valence electrons. The molecule has 0 radical (unpaired) electrons. The molecule has 26 heavy (non-hydrogen) atoms. The first-order chi connectivity index (χ1) is 12.5. The van der Waals surface area contributed by atoms with Crippen LogP contribution in [0.5, 0.6) is 0 Å². The Bertz CT molecular complexity index is 891. The van der Waals surface area contributed by atoms with Gasteiger partial charge in [-0.15, -0.1) is 0 Å². The number of benzene rings is 1. The zero-order chi connectivity index (χ0) is 18.7. The molecule has 6 heteroatoms. The van der Waals surface area contributed by atoms with Crippen LogP contribution in [-0.2, 0) is 13.1 Å². The largest absolute Gasteiger partial charge is 0.344 e. The second-order valence-electron chi connectivity index (χ2n) is 6.55. The number of amides is 1. The summed E-state index contributed by atoms with van der Waals surface area (Å²) in [5.74, 6) is -0.0842. The molecule has 1 aromatic carbocycles. The van der Waals surface area contributed by atoms with Gasteiger partial charge in [-0.2, -0.15) is 10.2 Å². The van der Waals surface area contributed by atoms with Crippen LogP contribution in [0.1, 0.15) is 52.9 Å². The van der Waals surface area contributed by atoms with Crippen LogP contribution in [0.2, 0.25) is 0 Å². The van der Waals surface area contributed by atoms with Crippen LogP contribution in [0.3, 0.4) is 0 Å². The summed E-state index contributed by atoms with van der Waals surface area (Å²) in [5.41, 5.74) is 4.91. The van der Waals surface area contributed by atoms with Gasteiger partial charge in [0.25, 0.3) is 5.91 Å². The highest BCUT2D eigenvalue weighted by Gasteiger charge is 2.14. The number of hydrogen-bond donors (Lipinski definition) is 1. The highest BCUT2D eigenvalue weighted by Crippen LogP contribution is 2.14. The lowest BCUT2D eigenvalue weighted by molar-refractivity contribution is 0.0938. The molecule has 1 atom stereocenters. The maximum Gasteiger partial charge on any atom is 0.251 e. The number of hydrogen-bond acceptors (Lipinski definition) is 3. The van der Waals surface area contributed by atoms with Gasteiger partial charge in [0.1, 0.15) is 0 Å². The summed E-state index contributed by atoms with van der Waals surface area (Å²) >= 11 is 0. The molecule has 0 spiro atoms. The van der Waals surface area contributed by atoms with Crippen molar-refractivity contribution < 1.29 is 4.79 Å². The highest BCUT2D eigenvalue weighted by atomic mass is 16.1. The molecule has 0 aliphatic rings. The summed E-state index contributed by atoms with van der Waals surface area (Å²) in [5, 5.41) is 11.8. The van der Waals surface area contributed by atoms with Crippen molar-refractivity contribution in [2.24, 2.45) is 0 Å². The third kappa shape index (κ3) is 3.85. The Morgan fingerprint density at radius 1 is 1.15 bits per heavy atom. The molecule has 1 N–H and O–H groups in total. The summed E-state index contributed by atoms with van der Waals surface area (Å²) in [6.07, 6.45) is 1.76. The third-order valence-electron chi connectivity index (χ3n) is 4.49. The van der Waals surface area contributed by atoms with E-state index in [0.29, 0.717) is 12.1 Å². The van der Waals surface area contributed by atoms with Crippen LogP contribution >= 0.6 is 0 Å². The predicted molar refractivity (Wildman–Crippen MR) is 101 cm³/mol. The van der Waals surface area contributed by atoms with E-state index in [0.717, 1.165) is 29.2 Å². The van der Waals surface area contributed by atoms with Crippen LogP contribution in [0.25, 0.3) is 0 Å². The number of nitrogens with zero attached hydrogens (tertiary/aromatic N) is 4. The standard InChI is InChI=1S/C20H25N5O/c1-5-24-19(10-11-21-24)16(4)22-20(26)18-8-6-17(7-9-18)13-25-15(3)12-14(2)23-25/h6-12,16H,5,13H2,1-4H3,(H,22,26). The topological polar surface area (TPSA) is 64.7 Å². The number of carbonyl (C=O) groups excluding carboxylic acids is 1. The quantitative estimate of drug-likeness (QED) is 0.741. The highest BCUT2D eigenvalue weighted by molar-refractivity contribution is 5.94. The Kier molecular flexibility index (Phi) is 5.21. The van der Waals surface area contributed by atoms with Crippen molar-refractivity contribution >= 4 is 5.91 Å². The van der Waals surface area contributed by atoms with Gasteiger partial charge in [-0.25, -0.2) is 0 Å². The van der Waals surface area contributed by atoms with Gasteiger partial charge in [-0.1, -0.05) is 12.1 Å². The molecule has 2 aromatic heterocycles. The van der Waals surface area contributed by atoms with Crippen LogP contribution in [0, 0.1) is 13.8 Å². The van der Waals surface area contributed by atoms with Gasteiger partial charge in [0.2, 0.25) is 0 Å². The summed E-state index contributed by atoms with van der Waals surface area (Å²) in [7, 11) is 0. The number of aryl methyl sites for hydroxylation is 3. The normalized spacial score (nSPS) is 12.2. The van der Waals surface area contributed by atoms with Gasteiger partial charge < -0.3 is 5.32 Å². The van der Waals surface area contributed by atoms with Crippen molar-refractivity contribution in [2.45, 2.75) is 46.8 Å². The summed E-state index contributed by atoms with van der Waals surface area (Å²) < 4.78 is 3.86. The van der Waals surface area contributed by atoms with Gasteiger partial charge in [-0.05, 0) is 57.5 Å². The fourth-order valence-electron chi connectivity index (χ4n) is 3.10. The molecule has 0 bridgehead atoms.